The van der Waals surface area contributed by atoms with Crippen molar-refractivity contribution in [1.29, 1.82) is 0 Å². The number of methoxy groups -OCH3 is 1. The van der Waals surface area contributed by atoms with Crippen molar-refractivity contribution in [3.05, 3.63) is 46.3 Å². The van der Waals surface area contributed by atoms with Crippen molar-refractivity contribution in [2.45, 2.75) is 72.6 Å². The molecule has 32 heavy (non-hydrogen) atoms. The van der Waals surface area contributed by atoms with Gasteiger partial charge >= 0.3 is 0 Å². The Bertz CT molecular complexity index is 990. The summed E-state index contributed by atoms with van der Waals surface area (Å²) in [7, 11) is 1.51. The molecule has 0 spiro atoms. The van der Waals surface area contributed by atoms with Gasteiger partial charge in [-0.25, -0.2) is 0 Å². The van der Waals surface area contributed by atoms with Crippen molar-refractivity contribution < 1.29 is 19.4 Å². The lowest BCUT2D eigenvalue weighted by molar-refractivity contribution is -0.119. The van der Waals surface area contributed by atoms with E-state index in [9.17, 15) is 14.7 Å². The Labute approximate surface area is 191 Å². The van der Waals surface area contributed by atoms with Gasteiger partial charge in [0.1, 0.15) is 0 Å². The second kappa shape index (κ2) is 7.79. The van der Waals surface area contributed by atoms with Crippen LogP contribution in [0.3, 0.4) is 0 Å². The normalized spacial score (nSPS) is 22.8. The van der Waals surface area contributed by atoms with E-state index in [0.29, 0.717) is 18.6 Å². The molecule has 1 heterocycles. The van der Waals surface area contributed by atoms with Crippen molar-refractivity contribution in [2.75, 3.05) is 13.7 Å². The SMILES string of the molecule is CCCN1C2=C(C(=O)CC(C)(C)C2)C(c2ccc(O)c(OC)c2)C2=C1CC(C)(C)CC2=O. The zero-order valence-corrected chi connectivity index (χ0v) is 20.2. The molecule has 5 heteroatoms. The molecule has 0 amide bonds. The average molecular weight is 438 g/mol. The van der Waals surface area contributed by atoms with Gasteiger partial charge in [0.05, 0.1) is 7.11 Å². The molecule has 0 saturated heterocycles. The maximum atomic E-state index is 13.6. The van der Waals surface area contributed by atoms with Gasteiger partial charge in [0.2, 0.25) is 0 Å². The number of ketones is 2. The highest BCUT2D eigenvalue weighted by Crippen LogP contribution is 2.54. The van der Waals surface area contributed by atoms with Crippen LogP contribution in [0.2, 0.25) is 0 Å². The lowest BCUT2D eigenvalue weighted by Gasteiger charge is -2.49. The number of hydrogen-bond acceptors (Lipinski definition) is 5. The molecule has 0 atom stereocenters. The van der Waals surface area contributed by atoms with Crippen LogP contribution in [0.25, 0.3) is 0 Å². The highest BCUT2D eigenvalue weighted by Gasteiger charge is 2.48. The van der Waals surface area contributed by atoms with Crippen molar-refractivity contribution in [1.82, 2.24) is 4.90 Å². The fourth-order valence-corrected chi connectivity index (χ4v) is 5.75. The molecule has 1 aromatic rings. The van der Waals surface area contributed by atoms with E-state index in [2.05, 4.69) is 39.5 Å². The number of phenols is 1. The van der Waals surface area contributed by atoms with Crippen LogP contribution >= 0.6 is 0 Å². The number of carbonyl (C=O) groups excluding carboxylic acids is 2. The van der Waals surface area contributed by atoms with E-state index in [1.165, 1.54) is 7.11 Å². The van der Waals surface area contributed by atoms with Gasteiger partial charge in [0.15, 0.2) is 23.1 Å². The summed E-state index contributed by atoms with van der Waals surface area (Å²) in [5, 5.41) is 10.2. The lowest BCUT2D eigenvalue weighted by atomic mass is 9.63. The number of rotatable bonds is 4. The molecule has 0 fully saturated rings. The minimum Gasteiger partial charge on any atom is -0.504 e. The molecule has 0 unspecified atom stereocenters. The molecule has 2 aliphatic carbocycles. The molecule has 1 aliphatic heterocycles. The second-order valence-electron chi connectivity index (χ2n) is 11.1. The predicted octanol–water partition coefficient (Wildman–Crippen LogP) is 5.50. The second-order valence-corrected chi connectivity index (χ2v) is 11.1. The monoisotopic (exact) mass is 437 g/mol. The molecule has 3 aliphatic rings. The minimum atomic E-state index is -0.408. The number of Topliss-reactive ketones (excluding diaryl/α,β-unsaturated/α-hetero) is 2. The summed E-state index contributed by atoms with van der Waals surface area (Å²) in [6.45, 7) is 11.5. The Hall–Kier alpha value is -2.56. The number of nitrogens with zero attached hydrogens (tertiary/aromatic N) is 1. The molecule has 1 N–H and O–H groups in total. The van der Waals surface area contributed by atoms with E-state index >= 15 is 0 Å². The van der Waals surface area contributed by atoms with Crippen molar-refractivity contribution in [2.24, 2.45) is 10.8 Å². The van der Waals surface area contributed by atoms with Crippen LogP contribution in [0.4, 0.5) is 0 Å². The molecular formula is C27H35NO4. The first kappa shape index (κ1) is 22.6. The van der Waals surface area contributed by atoms with Gasteiger partial charge in [0.25, 0.3) is 0 Å². The lowest BCUT2D eigenvalue weighted by Crippen LogP contribution is -2.44. The Morgan fingerprint density at radius 1 is 0.969 bits per heavy atom. The number of benzene rings is 1. The molecule has 0 bridgehead atoms. The van der Waals surface area contributed by atoms with Gasteiger partial charge in [-0.3, -0.25) is 9.59 Å². The predicted molar refractivity (Wildman–Crippen MR) is 124 cm³/mol. The smallest absolute Gasteiger partial charge is 0.162 e. The quantitative estimate of drug-likeness (QED) is 0.674. The number of carbonyl (C=O) groups is 2. The van der Waals surface area contributed by atoms with E-state index in [1.54, 1.807) is 12.1 Å². The summed E-state index contributed by atoms with van der Waals surface area (Å²) < 4.78 is 5.37. The molecular weight excluding hydrogens is 402 g/mol. The fourth-order valence-electron chi connectivity index (χ4n) is 5.75. The first-order chi connectivity index (χ1) is 15.0. The molecule has 5 nitrogen and oxygen atoms in total. The fraction of sp³-hybridized carbons (Fsp3) is 0.556. The van der Waals surface area contributed by atoms with Crippen molar-refractivity contribution in [3.63, 3.8) is 0 Å². The van der Waals surface area contributed by atoms with Crippen LogP contribution in [-0.2, 0) is 9.59 Å². The third kappa shape index (κ3) is 3.76. The standard InChI is InChI=1S/C27H35NO4/c1-7-10-28-17-12-26(2,3)14-20(30)24(17)23(16-8-9-19(29)22(11-16)32-6)25-18(28)13-27(4,5)15-21(25)31/h8-9,11,23,29H,7,10,12-15H2,1-6H3. The summed E-state index contributed by atoms with van der Waals surface area (Å²) in [4.78, 5) is 29.5. The van der Waals surface area contributed by atoms with Crippen LogP contribution in [-0.4, -0.2) is 35.2 Å². The van der Waals surface area contributed by atoms with Crippen LogP contribution in [0, 0.1) is 10.8 Å². The third-order valence-corrected chi connectivity index (χ3v) is 7.01. The van der Waals surface area contributed by atoms with E-state index in [0.717, 1.165) is 53.9 Å². The van der Waals surface area contributed by atoms with Crippen molar-refractivity contribution in [3.8, 4) is 11.5 Å². The molecule has 0 aromatic heterocycles. The van der Waals surface area contributed by atoms with E-state index in [-0.39, 0.29) is 28.1 Å². The maximum absolute atomic E-state index is 13.6. The molecule has 0 saturated carbocycles. The molecule has 0 radical (unpaired) electrons. The molecule has 4 rings (SSSR count). The summed E-state index contributed by atoms with van der Waals surface area (Å²) in [6.07, 6.45) is 3.50. The van der Waals surface area contributed by atoms with E-state index in [4.69, 9.17) is 4.74 Å². The molecule has 172 valence electrons. The summed E-state index contributed by atoms with van der Waals surface area (Å²) in [5.41, 5.74) is 4.27. The van der Waals surface area contributed by atoms with Gasteiger partial charge in [-0.2, -0.15) is 0 Å². The van der Waals surface area contributed by atoms with Gasteiger partial charge < -0.3 is 14.7 Å². The highest BCUT2D eigenvalue weighted by molar-refractivity contribution is 6.06. The Kier molecular flexibility index (Phi) is 5.51. The first-order valence-corrected chi connectivity index (χ1v) is 11.6. The summed E-state index contributed by atoms with van der Waals surface area (Å²) >= 11 is 0. The number of phenolic OH excluding ortho intramolecular Hbond substituents is 1. The van der Waals surface area contributed by atoms with E-state index < -0.39 is 5.92 Å². The Morgan fingerprint density at radius 2 is 1.50 bits per heavy atom. The van der Waals surface area contributed by atoms with Gasteiger partial charge in [-0.05, 0) is 47.8 Å². The van der Waals surface area contributed by atoms with Gasteiger partial charge in [-0.15, -0.1) is 0 Å². The largest absolute Gasteiger partial charge is 0.504 e. The van der Waals surface area contributed by atoms with Crippen LogP contribution < -0.4 is 4.74 Å². The molecule has 1 aromatic carbocycles. The number of hydrogen-bond donors (Lipinski definition) is 1. The average Bonchev–Trinajstić information content (AvgIpc) is 2.67. The Balaban J connectivity index is 2.00. The third-order valence-electron chi connectivity index (χ3n) is 7.01. The zero-order chi connectivity index (χ0) is 23.4. The zero-order valence-electron chi connectivity index (χ0n) is 20.2. The van der Waals surface area contributed by atoms with Crippen LogP contribution in [0.15, 0.2) is 40.7 Å². The van der Waals surface area contributed by atoms with Crippen LogP contribution in [0.1, 0.15) is 78.2 Å². The minimum absolute atomic E-state index is 0.0512. The number of ether oxygens (including phenoxy) is 1. The van der Waals surface area contributed by atoms with Crippen LogP contribution in [0.5, 0.6) is 11.5 Å². The summed E-state index contributed by atoms with van der Waals surface area (Å²) in [6, 6.07) is 5.21. The Morgan fingerprint density at radius 3 is 1.97 bits per heavy atom. The maximum Gasteiger partial charge on any atom is 0.162 e. The van der Waals surface area contributed by atoms with E-state index in [1.807, 2.05) is 6.07 Å². The number of allylic oxidation sites excluding steroid dienone is 4. The first-order valence-electron chi connectivity index (χ1n) is 11.6. The summed E-state index contributed by atoms with van der Waals surface area (Å²) in [5.74, 6) is 0.247. The van der Waals surface area contributed by atoms with Gasteiger partial charge in [0, 0.05) is 47.8 Å². The van der Waals surface area contributed by atoms with Gasteiger partial charge in [-0.1, -0.05) is 40.7 Å². The van der Waals surface area contributed by atoms with Crippen molar-refractivity contribution >= 4 is 11.6 Å². The highest BCUT2D eigenvalue weighted by atomic mass is 16.5. The topological polar surface area (TPSA) is 66.8 Å². The number of aromatic hydroxyl groups is 1.